The summed E-state index contributed by atoms with van der Waals surface area (Å²) in [5.41, 5.74) is 1.85. The third-order valence-corrected chi connectivity index (χ3v) is 4.73. The molecule has 0 bridgehead atoms. The van der Waals surface area contributed by atoms with Crippen molar-refractivity contribution in [1.82, 2.24) is 4.90 Å². The number of benzene rings is 2. The van der Waals surface area contributed by atoms with Gasteiger partial charge in [-0.2, -0.15) is 0 Å². The Morgan fingerprint density at radius 1 is 1.04 bits per heavy atom. The molecule has 0 saturated carbocycles. The first kappa shape index (κ1) is 20.2. The Bertz CT molecular complexity index is 730. The van der Waals surface area contributed by atoms with Gasteiger partial charge in [0.1, 0.15) is 12.4 Å². The molecule has 0 aliphatic carbocycles. The van der Waals surface area contributed by atoms with E-state index in [-0.39, 0.29) is 12.1 Å². The number of methoxy groups -OCH3 is 1. The molecule has 2 aromatic rings. The predicted octanol–water partition coefficient (Wildman–Crippen LogP) is 3.92. The molecule has 6 nitrogen and oxygen atoms in total. The van der Waals surface area contributed by atoms with Gasteiger partial charge in [0.05, 0.1) is 25.0 Å². The number of nitrogens with one attached hydrogen (secondary N) is 1. The van der Waals surface area contributed by atoms with Crippen LogP contribution in [0.15, 0.2) is 54.6 Å². The predicted molar refractivity (Wildman–Crippen MR) is 109 cm³/mol. The summed E-state index contributed by atoms with van der Waals surface area (Å²) in [6.45, 7) is 2.91. The fourth-order valence-corrected chi connectivity index (χ4v) is 3.14. The Labute approximate surface area is 166 Å². The first-order chi connectivity index (χ1) is 13.8. The van der Waals surface area contributed by atoms with Gasteiger partial charge in [0.15, 0.2) is 0 Å². The van der Waals surface area contributed by atoms with Gasteiger partial charge in [0, 0.05) is 20.2 Å². The number of likely N-dealkylation sites (tertiary alicyclic amines) is 1. The van der Waals surface area contributed by atoms with Crippen molar-refractivity contribution in [3.05, 3.63) is 60.2 Å². The average molecular weight is 384 g/mol. The molecular formula is C22H28N2O4. The van der Waals surface area contributed by atoms with Crippen molar-refractivity contribution in [1.29, 1.82) is 0 Å². The minimum atomic E-state index is -0.107. The van der Waals surface area contributed by atoms with Crippen LogP contribution in [0, 0.1) is 0 Å². The van der Waals surface area contributed by atoms with Crippen LogP contribution in [0.1, 0.15) is 18.4 Å². The Hall–Kier alpha value is -2.57. The smallest absolute Gasteiger partial charge is 0.321 e. The summed E-state index contributed by atoms with van der Waals surface area (Å²) in [5.74, 6) is 0.647. The molecule has 150 valence electrons. The molecule has 6 heteroatoms. The number of hydrogen-bond donors (Lipinski definition) is 1. The summed E-state index contributed by atoms with van der Waals surface area (Å²) in [6.07, 6.45) is 1.87. The maximum absolute atomic E-state index is 12.6. The third-order valence-electron chi connectivity index (χ3n) is 4.73. The number of piperidine rings is 1. The van der Waals surface area contributed by atoms with E-state index < -0.39 is 0 Å². The lowest BCUT2D eigenvalue weighted by Gasteiger charge is -2.32. The lowest BCUT2D eigenvalue weighted by atomic mass is 10.1. The lowest BCUT2D eigenvalue weighted by molar-refractivity contribution is 0.00540. The fraction of sp³-hybridized carbons (Fsp3) is 0.409. The first-order valence-corrected chi connectivity index (χ1v) is 9.68. The molecule has 0 unspecified atom stereocenters. The quantitative estimate of drug-likeness (QED) is 0.701. The highest BCUT2D eigenvalue weighted by atomic mass is 16.5. The van der Waals surface area contributed by atoms with Crippen LogP contribution in [0.5, 0.6) is 5.75 Å². The van der Waals surface area contributed by atoms with Crippen LogP contribution >= 0.6 is 0 Å². The van der Waals surface area contributed by atoms with Gasteiger partial charge in [0.25, 0.3) is 0 Å². The number of amides is 2. The Morgan fingerprint density at radius 3 is 2.50 bits per heavy atom. The molecular weight excluding hydrogens is 356 g/mol. The second-order valence-corrected chi connectivity index (χ2v) is 6.75. The van der Waals surface area contributed by atoms with Crippen LogP contribution in [-0.2, 0) is 16.1 Å². The van der Waals surface area contributed by atoms with E-state index in [1.807, 2.05) is 47.4 Å². The first-order valence-electron chi connectivity index (χ1n) is 9.68. The molecule has 1 N–H and O–H groups in total. The van der Waals surface area contributed by atoms with Crippen LogP contribution < -0.4 is 10.1 Å². The van der Waals surface area contributed by atoms with Gasteiger partial charge in [-0.3, -0.25) is 0 Å². The Kier molecular flexibility index (Phi) is 7.70. The molecule has 0 atom stereocenters. The fourth-order valence-electron chi connectivity index (χ4n) is 3.14. The zero-order valence-corrected chi connectivity index (χ0v) is 16.3. The molecule has 1 saturated heterocycles. The molecule has 0 spiro atoms. The van der Waals surface area contributed by atoms with Crippen LogP contribution in [0.2, 0.25) is 0 Å². The van der Waals surface area contributed by atoms with E-state index in [1.165, 1.54) is 5.56 Å². The van der Waals surface area contributed by atoms with E-state index in [1.54, 1.807) is 7.11 Å². The zero-order valence-electron chi connectivity index (χ0n) is 16.3. The third kappa shape index (κ3) is 5.97. The molecule has 2 amide bonds. The molecule has 1 fully saturated rings. The number of rotatable bonds is 8. The number of hydrogen-bond acceptors (Lipinski definition) is 4. The van der Waals surface area contributed by atoms with E-state index in [0.29, 0.717) is 44.3 Å². The highest BCUT2D eigenvalue weighted by molar-refractivity contribution is 5.91. The topological polar surface area (TPSA) is 60.0 Å². The van der Waals surface area contributed by atoms with Crippen molar-refractivity contribution in [3.8, 4) is 5.75 Å². The van der Waals surface area contributed by atoms with Gasteiger partial charge in [0.2, 0.25) is 0 Å². The van der Waals surface area contributed by atoms with Crippen LogP contribution in [0.25, 0.3) is 0 Å². The van der Waals surface area contributed by atoms with Gasteiger partial charge in [-0.15, -0.1) is 0 Å². The summed E-state index contributed by atoms with van der Waals surface area (Å²) >= 11 is 0. The molecule has 0 aromatic heterocycles. The second kappa shape index (κ2) is 10.7. The van der Waals surface area contributed by atoms with Crippen molar-refractivity contribution in [2.24, 2.45) is 0 Å². The van der Waals surface area contributed by atoms with E-state index >= 15 is 0 Å². The standard InChI is InChI=1S/C22H28N2O4/c1-26-15-16-27-21-10-6-5-9-20(21)23-22(25)24-13-11-19(12-14-24)28-17-18-7-3-2-4-8-18/h2-10,19H,11-17H2,1H3,(H,23,25). The minimum Gasteiger partial charge on any atom is -0.489 e. The van der Waals surface area contributed by atoms with Gasteiger partial charge in [-0.1, -0.05) is 42.5 Å². The molecule has 3 rings (SSSR count). The lowest BCUT2D eigenvalue weighted by Crippen LogP contribution is -2.43. The SMILES string of the molecule is COCCOc1ccccc1NC(=O)N1CCC(OCc2ccccc2)CC1. The van der Waals surface area contributed by atoms with Crippen molar-refractivity contribution in [3.63, 3.8) is 0 Å². The summed E-state index contributed by atoms with van der Waals surface area (Å²) < 4.78 is 16.7. The van der Waals surface area contributed by atoms with Crippen LogP contribution in [0.3, 0.4) is 0 Å². The average Bonchev–Trinajstić information content (AvgIpc) is 2.75. The molecule has 2 aromatic carbocycles. The van der Waals surface area contributed by atoms with Crippen LogP contribution in [0.4, 0.5) is 10.5 Å². The minimum absolute atomic E-state index is 0.107. The highest BCUT2D eigenvalue weighted by Crippen LogP contribution is 2.25. The summed E-state index contributed by atoms with van der Waals surface area (Å²) in [5, 5.41) is 2.96. The maximum atomic E-state index is 12.6. The van der Waals surface area contributed by atoms with Crippen LogP contribution in [-0.4, -0.2) is 50.4 Å². The van der Waals surface area contributed by atoms with E-state index in [9.17, 15) is 4.79 Å². The summed E-state index contributed by atoms with van der Waals surface area (Å²) in [4.78, 5) is 14.5. The number of carbonyl (C=O) groups is 1. The maximum Gasteiger partial charge on any atom is 0.321 e. The molecule has 0 radical (unpaired) electrons. The number of carbonyl (C=O) groups excluding carboxylic acids is 1. The molecule has 1 heterocycles. The number of urea groups is 1. The van der Waals surface area contributed by atoms with Gasteiger partial charge >= 0.3 is 6.03 Å². The van der Waals surface area contributed by atoms with Crippen molar-refractivity contribution >= 4 is 11.7 Å². The van der Waals surface area contributed by atoms with E-state index in [4.69, 9.17) is 14.2 Å². The summed E-state index contributed by atoms with van der Waals surface area (Å²) in [7, 11) is 1.63. The Morgan fingerprint density at radius 2 is 1.75 bits per heavy atom. The van der Waals surface area contributed by atoms with E-state index in [0.717, 1.165) is 12.8 Å². The number of para-hydroxylation sites is 2. The highest BCUT2D eigenvalue weighted by Gasteiger charge is 2.23. The summed E-state index contributed by atoms with van der Waals surface area (Å²) in [6, 6.07) is 17.5. The Balaban J connectivity index is 1.45. The van der Waals surface area contributed by atoms with Crippen molar-refractivity contribution in [2.75, 3.05) is 38.7 Å². The van der Waals surface area contributed by atoms with E-state index in [2.05, 4.69) is 17.4 Å². The van der Waals surface area contributed by atoms with Gasteiger partial charge in [-0.05, 0) is 30.5 Å². The molecule has 1 aliphatic rings. The molecule has 28 heavy (non-hydrogen) atoms. The molecule has 1 aliphatic heterocycles. The van der Waals surface area contributed by atoms with Gasteiger partial charge in [-0.25, -0.2) is 4.79 Å². The second-order valence-electron chi connectivity index (χ2n) is 6.75. The number of nitrogens with zero attached hydrogens (tertiary/aromatic N) is 1. The largest absolute Gasteiger partial charge is 0.489 e. The number of ether oxygens (including phenoxy) is 3. The number of anilines is 1. The monoisotopic (exact) mass is 384 g/mol. The zero-order chi connectivity index (χ0) is 19.6. The normalized spacial score (nSPS) is 14.7. The van der Waals surface area contributed by atoms with Gasteiger partial charge < -0.3 is 24.4 Å². The van der Waals surface area contributed by atoms with Crippen molar-refractivity contribution < 1.29 is 19.0 Å². The van der Waals surface area contributed by atoms with Crippen molar-refractivity contribution in [2.45, 2.75) is 25.6 Å².